The van der Waals surface area contributed by atoms with E-state index in [1.54, 1.807) is 0 Å². The van der Waals surface area contributed by atoms with Gasteiger partial charge in [-0.1, -0.05) is 0 Å². The third kappa shape index (κ3) is 4.34. The molecule has 0 fully saturated rings. The Morgan fingerprint density at radius 1 is 0.750 bits per heavy atom. The summed E-state index contributed by atoms with van der Waals surface area (Å²) >= 11 is 0. The van der Waals surface area contributed by atoms with E-state index < -0.39 is 0 Å². The van der Waals surface area contributed by atoms with Gasteiger partial charge in [0.2, 0.25) is 0 Å². The van der Waals surface area contributed by atoms with Gasteiger partial charge < -0.3 is 33.1 Å². The van der Waals surface area contributed by atoms with Crippen LogP contribution in [0, 0.1) is 5.20 Å². The van der Waals surface area contributed by atoms with Crippen molar-refractivity contribution in [3.63, 3.8) is 0 Å². The summed E-state index contributed by atoms with van der Waals surface area (Å²) in [6.07, 6.45) is 8.87. The van der Waals surface area contributed by atoms with Crippen LogP contribution in [0.1, 0.15) is 79.6 Å². The summed E-state index contributed by atoms with van der Waals surface area (Å²) in [4.78, 5) is 0. The fourth-order valence-electron chi connectivity index (χ4n) is 2.75. The van der Waals surface area contributed by atoms with Crippen molar-refractivity contribution in [2.24, 2.45) is 0 Å². The molecule has 0 radical (unpaired) electrons. The minimum absolute atomic E-state index is 0. The zero-order valence-electron chi connectivity index (χ0n) is 16.2. The second-order valence-electron chi connectivity index (χ2n) is 7.31. The Morgan fingerprint density at radius 3 is 1.58 bits per heavy atom. The SMILES string of the molecule is CC(C)n1cc[n+](C(C)C)c1P=c1n(C(C)C)ccn1C(C)C.[I-]. The first-order valence-corrected chi connectivity index (χ1v) is 9.59. The normalized spacial score (nSPS) is 12.0. The van der Waals surface area contributed by atoms with E-state index in [9.17, 15) is 0 Å². The molecule has 0 saturated carbocycles. The highest BCUT2D eigenvalue weighted by Crippen LogP contribution is 2.18. The predicted octanol–water partition coefficient (Wildman–Crippen LogP) is 1.51. The third-order valence-electron chi connectivity index (χ3n) is 4.12. The van der Waals surface area contributed by atoms with Crippen LogP contribution in [0.5, 0.6) is 0 Å². The largest absolute Gasteiger partial charge is 1.00 e. The van der Waals surface area contributed by atoms with Crippen molar-refractivity contribution in [2.45, 2.75) is 79.6 Å². The molecule has 0 bridgehead atoms. The molecule has 0 aromatic carbocycles. The lowest BCUT2D eigenvalue weighted by molar-refractivity contribution is -0.698. The fourth-order valence-corrected chi connectivity index (χ4v) is 4.58. The molecule has 4 nitrogen and oxygen atoms in total. The Hall–Kier alpha value is -0.550. The maximum absolute atomic E-state index is 2.39. The quantitative estimate of drug-likeness (QED) is 0.365. The van der Waals surface area contributed by atoms with Crippen molar-refractivity contribution in [3.05, 3.63) is 30.0 Å². The number of nitrogens with zero attached hydrogens (tertiary/aromatic N) is 4. The van der Waals surface area contributed by atoms with Crippen LogP contribution in [-0.4, -0.2) is 13.7 Å². The topological polar surface area (TPSA) is 18.7 Å². The minimum atomic E-state index is 0. The van der Waals surface area contributed by atoms with Crippen LogP contribution in [0.25, 0.3) is 0 Å². The van der Waals surface area contributed by atoms with Crippen molar-refractivity contribution in [3.8, 4) is 0 Å². The average molecular weight is 462 g/mol. The molecule has 0 unspecified atom stereocenters. The van der Waals surface area contributed by atoms with E-state index in [2.05, 4.69) is 98.4 Å². The Morgan fingerprint density at radius 2 is 1.21 bits per heavy atom. The van der Waals surface area contributed by atoms with Crippen LogP contribution in [0.4, 0.5) is 0 Å². The Balaban J connectivity index is 0.00000288. The Kier molecular flexibility index (Phi) is 7.79. The number of imidazole rings is 2. The summed E-state index contributed by atoms with van der Waals surface area (Å²) in [5, 5.41) is 1.35. The minimum Gasteiger partial charge on any atom is -1.00 e. The van der Waals surface area contributed by atoms with Gasteiger partial charge in [-0.25, -0.2) is 9.13 Å². The molecule has 0 aliphatic rings. The molecular weight excluding hydrogens is 430 g/mol. The van der Waals surface area contributed by atoms with E-state index >= 15 is 0 Å². The summed E-state index contributed by atoms with van der Waals surface area (Å²) < 4.78 is 9.57. The second kappa shape index (κ2) is 8.70. The second-order valence-corrected chi connectivity index (χ2v) is 8.34. The maximum atomic E-state index is 2.39. The summed E-state index contributed by atoms with van der Waals surface area (Å²) in [5.74, 6) is 0. The fraction of sp³-hybridized carbons (Fsp3) is 0.667. The standard InChI is InChI=1S/C18H32N4P.HI/c1-13(2)19-9-10-20(14(3)4)17(19)23-18-21(15(5)6)11-12-22(18)16(7)8;/h9-16H,1-8H3;1H/q+1;/p-1. The summed E-state index contributed by atoms with van der Waals surface area (Å²) in [6, 6.07) is 1.86. The van der Waals surface area contributed by atoms with Gasteiger partial charge in [0.05, 0.1) is 20.3 Å². The smallest absolute Gasteiger partial charge is 0.310 e. The van der Waals surface area contributed by atoms with Crippen LogP contribution in [0.2, 0.25) is 0 Å². The summed E-state index contributed by atoms with van der Waals surface area (Å²) in [6.45, 7) is 18.0. The number of hydrogen-bond acceptors (Lipinski definition) is 0. The average Bonchev–Trinajstić information content (AvgIpc) is 3.02. The molecule has 24 heavy (non-hydrogen) atoms. The monoisotopic (exact) mass is 462 g/mol. The first-order chi connectivity index (χ1) is 10.7. The van der Waals surface area contributed by atoms with Crippen molar-refractivity contribution >= 4 is 13.8 Å². The number of aromatic nitrogens is 4. The molecule has 0 amide bonds. The molecule has 2 rings (SSSR count). The highest BCUT2D eigenvalue weighted by molar-refractivity contribution is 7.37. The van der Waals surface area contributed by atoms with Gasteiger partial charge in [0.1, 0.15) is 17.6 Å². The van der Waals surface area contributed by atoms with Gasteiger partial charge in [-0.2, -0.15) is 0 Å². The van der Waals surface area contributed by atoms with Crippen molar-refractivity contribution in [1.29, 1.82) is 0 Å². The van der Waals surface area contributed by atoms with Crippen LogP contribution in [0.15, 0.2) is 24.8 Å². The number of rotatable bonds is 5. The molecule has 0 saturated heterocycles. The number of hydrogen-bond donors (Lipinski definition) is 0. The van der Waals surface area contributed by atoms with Gasteiger partial charge >= 0.3 is 5.57 Å². The van der Waals surface area contributed by atoms with Crippen molar-refractivity contribution < 1.29 is 28.5 Å². The van der Waals surface area contributed by atoms with E-state index in [0.29, 0.717) is 24.2 Å². The molecule has 136 valence electrons. The zero-order chi connectivity index (χ0) is 17.3. The van der Waals surface area contributed by atoms with Crippen LogP contribution < -0.4 is 34.1 Å². The van der Waals surface area contributed by atoms with E-state index in [1.807, 2.05) is 0 Å². The van der Waals surface area contributed by atoms with Crippen LogP contribution in [0.3, 0.4) is 0 Å². The van der Waals surface area contributed by atoms with E-state index in [-0.39, 0.29) is 24.0 Å². The molecule has 0 atom stereocenters. The van der Waals surface area contributed by atoms with Crippen LogP contribution >= 0.6 is 8.20 Å². The Labute approximate surface area is 165 Å². The van der Waals surface area contributed by atoms with Gasteiger partial charge in [0, 0.05) is 24.5 Å². The molecular formula is C18H32IN4P. The van der Waals surface area contributed by atoms with E-state index in [4.69, 9.17) is 0 Å². The van der Waals surface area contributed by atoms with Gasteiger partial charge in [0.15, 0.2) is 0 Å². The summed E-state index contributed by atoms with van der Waals surface area (Å²) in [7, 11) is 1.26. The van der Waals surface area contributed by atoms with E-state index in [1.165, 1.54) is 19.0 Å². The van der Waals surface area contributed by atoms with Gasteiger partial charge in [-0.3, -0.25) is 0 Å². The maximum Gasteiger partial charge on any atom is 0.310 e. The van der Waals surface area contributed by atoms with Crippen LogP contribution in [-0.2, 0) is 0 Å². The molecule has 2 heterocycles. The van der Waals surface area contributed by atoms with Gasteiger partial charge in [0.25, 0.3) is 0 Å². The highest BCUT2D eigenvalue weighted by Gasteiger charge is 2.21. The summed E-state index contributed by atoms with van der Waals surface area (Å²) in [5.41, 5.74) is 1.35. The zero-order valence-corrected chi connectivity index (χ0v) is 19.3. The third-order valence-corrected chi connectivity index (χ3v) is 5.45. The first-order valence-electron chi connectivity index (χ1n) is 8.69. The molecule has 6 heteroatoms. The lowest BCUT2D eigenvalue weighted by Gasteiger charge is -2.12. The molecule has 0 aliphatic carbocycles. The molecule has 0 aliphatic heterocycles. The van der Waals surface area contributed by atoms with Crippen molar-refractivity contribution in [2.75, 3.05) is 0 Å². The highest BCUT2D eigenvalue weighted by atomic mass is 127. The van der Waals surface area contributed by atoms with Gasteiger partial charge in [-0.05, 0) is 55.4 Å². The van der Waals surface area contributed by atoms with E-state index in [0.717, 1.165) is 0 Å². The predicted molar refractivity (Wildman–Crippen MR) is 98.4 cm³/mol. The first kappa shape index (κ1) is 21.5. The number of halogens is 1. The van der Waals surface area contributed by atoms with Gasteiger partial charge in [-0.15, -0.1) is 0 Å². The molecule has 2 aromatic heterocycles. The van der Waals surface area contributed by atoms with Crippen molar-refractivity contribution in [1.82, 2.24) is 13.7 Å². The molecule has 2 aromatic rings. The lowest BCUT2D eigenvalue weighted by atomic mass is 10.4. The lowest BCUT2D eigenvalue weighted by Crippen LogP contribution is -3.00. The molecule has 0 spiro atoms. The molecule has 0 N–H and O–H groups in total. The Bertz CT molecular complexity index is 666.